The van der Waals surface area contributed by atoms with Crippen molar-refractivity contribution in [1.29, 1.82) is 0 Å². The van der Waals surface area contributed by atoms with Crippen LogP contribution in [0.15, 0.2) is 24.3 Å². The Morgan fingerprint density at radius 3 is 2.53 bits per heavy atom. The highest BCUT2D eigenvalue weighted by Gasteiger charge is 2.29. The van der Waals surface area contributed by atoms with Gasteiger partial charge >= 0.3 is 0 Å². The molecule has 0 radical (unpaired) electrons. The summed E-state index contributed by atoms with van der Waals surface area (Å²) < 4.78 is 0. The number of nitrogens with zero attached hydrogens (tertiary/aromatic N) is 2. The predicted molar refractivity (Wildman–Crippen MR) is 75.8 cm³/mol. The first-order valence-electron chi connectivity index (χ1n) is 7.28. The van der Waals surface area contributed by atoms with E-state index in [-0.39, 0.29) is 5.92 Å². The molecule has 0 bridgehead atoms. The fourth-order valence-corrected chi connectivity index (χ4v) is 3.20. The molecular formula is C16H22N2O. The molecule has 102 valence electrons. The fraction of sp³-hybridized carbons (Fsp3) is 0.562. The highest BCUT2D eigenvalue weighted by Crippen LogP contribution is 2.24. The molecule has 1 amide bonds. The van der Waals surface area contributed by atoms with Crippen LogP contribution < -0.4 is 0 Å². The van der Waals surface area contributed by atoms with E-state index in [1.807, 2.05) is 0 Å². The van der Waals surface area contributed by atoms with E-state index in [0.29, 0.717) is 5.91 Å². The molecule has 2 aliphatic rings. The number of likely N-dealkylation sites (tertiary alicyclic amines) is 1. The van der Waals surface area contributed by atoms with Gasteiger partial charge in [0.1, 0.15) is 0 Å². The molecule has 0 atom stereocenters. The van der Waals surface area contributed by atoms with Crippen LogP contribution in [0.3, 0.4) is 0 Å². The number of carbonyl (C=O) groups is 1. The number of hydrogen-bond donors (Lipinski definition) is 0. The first-order valence-corrected chi connectivity index (χ1v) is 7.28. The van der Waals surface area contributed by atoms with E-state index in [0.717, 1.165) is 45.4 Å². The van der Waals surface area contributed by atoms with Crippen LogP contribution in [0.1, 0.15) is 24.0 Å². The molecular weight excluding hydrogens is 236 g/mol. The van der Waals surface area contributed by atoms with E-state index < -0.39 is 0 Å². The number of hydrogen-bond acceptors (Lipinski definition) is 2. The Bertz CT molecular complexity index is 464. The lowest BCUT2D eigenvalue weighted by Crippen LogP contribution is -2.43. The minimum Gasteiger partial charge on any atom is -0.338 e. The zero-order valence-corrected chi connectivity index (χ0v) is 11.6. The normalized spacial score (nSPS) is 21.2. The van der Waals surface area contributed by atoms with Gasteiger partial charge in [-0.15, -0.1) is 0 Å². The largest absolute Gasteiger partial charge is 0.338 e. The van der Waals surface area contributed by atoms with Crippen molar-refractivity contribution in [3.05, 3.63) is 35.4 Å². The highest BCUT2D eigenvalue weighted by molar-refractivity contribution is 5.79. The van der Waals surface area contributed by atoms with Crippen LogP contribution in [0, 0.1) is 5.92 Å². The summed E-state index contributed by atoms with van der Waals surface area (Å²) in [7, 11) is 2.14. The second-order valence-corrected chi connectivity index (χ2v) is 5.86. The molecule has 0 aliphatic carbocycles. The molecule has 0 spiro atoms. The van der Waals surface area contributed by atoms with Crippen LogP contribution >= 0.6 is 0 Å². The number of benzene rings is 1. The Kier molecular flexibility index (Phi) is 3.56. The monoisotopic (exact) mass is 258 g/mol. The predicted octanol–water partition coefficient (Wildman–Crippen LogP) is 1.91. The molecule has 19 heavy (non-hydrogen) atoms. The Hall–Kier alpha value is -1.35. The van der Waals surface area contributed by atoms with Gasteiger partial charge in [0.25, 0.3) is 0 Å². The van der Waals surface area contributed by atoms with Crippen molar-refractivity contribution in [3.63, 3.8) is 0 Å². The van der Waals surface area contributed by atoms with Crippen molar-refractivity contribution in [2.45, 2.75) is 25.8 Å². The van der Waals surface area contributed by atoms with Crippen LogP contribution in [0.4, 0.5) is 0 Å². The first-order chi connectivity index (χ1) is 9.24. The fourth-order valence-electron chi connectivity index (χ4n) is 3.20. The molecule has 3 nitrogen and oxygen atoms in total. The number of rotatable bonds is 1. The number of fused-ring (bicyclic) bond motifs is 1. The Labute approximate surface area is 115 Å². The summed E-state index contributed by atoms with van der Waals surface area (Å²) in [4.78, 5) is 17.0. The van der Waals surface area contributed by atoms with E-state index >= 15 is 0 Å². The van der Waals surface area contributed by atoms with Gasteiger partial charge in [0.2, 0.25) is 5.91 Å². The quantitative estimate of drug-likeness (QED) is 0.768. The SMILES string of the molecule is CN1CCC(C(=O)N2CCc3ccccc3C2)CC1. The average molecular weight is 258 g/mol. The molecule has 0 N–H and O–H groups in total. The second-order valence-electron chi connectivity index (χ2n) is 5.86. The van der Waals surface area contributed by atoms with Crippen molar-refractivity contribution in [1.82, 2.24) is 9.80 Å². The van der Waals surface area contributed by atoms with E-state index in [2.05, 4.69) is 41.1 Å². The second kappa shape index (κ2) is 5.33. The van der Waals surface area contributed by atoms with Crippen molar-refractivity contribution in [3.8, 4) is 0 Å². The highest BCUT2D eigenvalue weighted by atomic mass is 16.2. The maximum atomic E-state index is 12.6. The van der Waals surface area contributed by atoms with Crippen LogP contribution in [0.2, 0.25) is 0 Å². The minimum absolute atomic E-state index is 0.251. The van der Waals surface area contributed by atoms with Crippen molar-refractivity contribution < 1.29 is 4.79 Å². The summed E-state index contributed by atoms with van der Waals surface area (Å²) in [6.07, 6.45) is 3.05. The van der Waals surface area contributed by atoms with Crippen LogP contribution in [0.5, 0.6) is 0 Å². The van der Waals surface area contributed by atoms with E-state index in [1.54, 1.807) is 0 Å². The summed E-state index contributed by atoms with van der Waals surface area (Å²) in [5.74, 6) is 0.629. The van der Waals surface area contributed by atoms with Gasteiger partial charge in [-0.2, -0.15) is 0 Å². The maximum Gasteiger partial charge on any atom is 0.226 e. The minimum atomic E-state index is 0.251. The number of piperidine rings is 1. The molecule has 0 unspecified atom stereocenters. The van der Waals surface area contributed by atoms with Gasteiger partial charge in [-0.25, -0.2) is 0 Å². The molecule has 0 aromatic heterocycles. The van der Waals surface area contributed by atoms with Crippen LogP contribution in [-0.4, -0.2) is 42.4 Å². The van der Waals surface area contributed by atoms with Gasteiger partial charge in [-0.05, 0) is 50.5 Å². The maximum absolute atomic E-state index is 12.6. The molecule has 3 heteroatoms. The summed E-state index contributed by atoms with van der Waals surface area (Å²) in [5.41, 5.74) is 2.74. The Morgan fingerprint density at radius 1 is 1.11 bits per heavy atom. The lowest BCUT2D eigenvalue weighted by molar-refractivity contribution is -0.137. The number of amides is 1. The molecule has 0 saturated carbocycles. The van der Waals surface area contributed by atoms with E-state index in [9.17, 15) is 4.79 Å². The topological polar surface area (TPSA) is 23.6 Å². The summed E-state index contributed by atoms with van der Waals surface area (Å²) in [5, 5.41) is 0. The summed E-state index contributed by atoms with van der Waals surface area (Å²) >= 11 is 0. The van der Waals surface area contributed by atoms with Gasteiger partial charge in [0, 0.05) is 19.0 Å². The smallest absolute Gasteiger partial charge is 0.226 e. The molecule has 3 rings (SSSR count). The Morgan fingerprint density at radius 2 is 1.79 bits per heavy atom. The summed E-state index contributed by atoms with van der Waals surface area (Å²) in [6.45, 7) is 3.81. The van der Waals surface area contributed by atoms with Gasteiger partial charge in [-0.3, -0.25) is 4.79 Å². The van der Waals surface area contributed by atoms with Crippen molar-refractivity contribution >= 4 is 5.91 Å². The van der Waals surface area contributed by atoms with E-state index in [1.165, 1.54) is 11.1 Å². The van der Waals surface area contributed by atoms with Gasteiger partial charge in [-0.1, -0.05) is 24.3 Å². The first kappa shape index (κ1) is 12.7. The van der Waals surface area contributed by atoms with Crippen molar-refractivity contribution in [2.75, 3.05) is 26.7 Å². The zero-order chi connectivity index (χ0) is 13.2. The lowest BCUT2D eigenvalue weighted by atomic mass is 9.93. The van der Waals surface area contributed by atoms with Crippen LogP contribution in [0.25, 0.3) is 0 Å². The molecule has 1 saturated heterocycles. The van der Waals surface area contributed by atoms with Gasteiger partial charge < -0.3 is 9.80 Å². The van der Waals surface area contributed by atoms with Gasteiger partial charge in [0.15, 0.2) is 0 Å². The molecule has 2 aliphatic heterocycles. The third-order valence-corrected chi connectivity index (χ3v) is 4.51. The molecule has 1 fully saturated rings. The third-order valence-electron chi connectivity index (χ3n) is 4.51. The Balaban J connectivity index is 1.66. The zero-order valence-electron chi connectivity index (χ0n) is 11.6. The average Bonchev–Trinajstić information content (AvgIpc) is 2.47. The number of carbonyl (C=O) groups excluding carboxylic acids is 1. The molecule has 1 aromatic carbocycles. The van der Waals surface area contributed by atoms with E-state index in [4.69, 9.17) is 0 Å². The lowest BCUT2D eigenvalue weighted by Gasteiger charge is -2.35. The van der Waals surface area contributed by atoms with Gasteiger partial charge in [0.05, 0.1) is 0 Å². The van der Waals surface area contributed by atoms with Crippen molar-refractivity contribution in [2.24, 2.45) is 5.92 Å². The molecule has 1 aromatic rings. The standard InChI is InChI=1S/C16H22N2O/c1-17-9-6-14(7-10-17)16(19)18-11-8-13-4-2-3-5-15(13)12-18/h2-5,14H,6-12H2,1H3. The van der Waals surface area contributed by atoms with Crippen LogP contribution in [-0.2, 0) is 17.8 Å². The summed E-state index contributed by atoms with van der Waals surface area (Å²) in [6, 6.07) is 8.51. The third kappa shape index (κ3) is 2.66. The molecule has 2 heterocycles.